The van der Waals surface area contributed by atoms with Gasteiger partial charge in [0.15, 0.2) is 12.2 Å². The lowest BCUT2D eigenvalue weighted by Crippen LogP contribution is -2.31. The Labute approximate surface area is 579 Å². The molecule has 0 rings (SSSR count). The number of unbranched alkanes of at least 4 members (excludes halogenated alkanes) is 56. The normalized spacial score (nSPS) is 11.5. The molecule has 12 nitrogen and oxygen atoms in total. The second-order valence-electron chi connectivity index (χ2n) is 28.0. The predicted molar refractivity (Wildman–Crippen MR) is 391 cm³/mol. The van der Waals surface area contributed by atoms with Gasteiger partial charge in [-0.1, -0.05) is 387 Å². The molecule has 0 unspecified atom stereocenters. The summed E-state index contributed by atoms with van der Waals surface area (Å²) in [4.78, 5) is 78.1. The van der Waals surface area contributed by atoms with E-state index in [-0.39, 0.29) is 52.1 Å². The van der Waals surface area contributed by atoms with Gasteiger partial charge in [-0.05, 0) is 25.7 Å². The van der Waals surface area contributed by atoms with Gasteiger partial charge in [0.1, 0.15) is 26.4 Å². The van der Waals surface area contributed by atoms with E-state index in [4.69, 9.17) is 28.4 Å². The summed E-state index contributed by atoms with van der Waals surface area (Å²) in [6.07, 6.45) is 73.9. The van der Waals surface area contributed by atoms with Crippen molar-refractivity contribution in [2.75, 3.05) is 26.4 Å². The molecular formula is C82H152O12. The number of carbonyl (C=O) groups is 6. The molecule has 12 heteroatoms. The fourth-order valence-electron chi connectivity index (χ4n) is 12.4. The molecule has 0 heterocycles. The molecule has 0 aliphatic heterocycles. The van der Waals surface area contributed by atoms with Gasteiger partial charge in [0, 0.05) is 37.8 Å². The van der Waals surface area contributed by atoms with Crippen LogP contribution in [0.5, 0.6) is 0 Å². The molecule has 0 aliphatic rings. The molecule has 94 heavy (non-hydrogen) atoms. The van der Waals surface area contributed by atoms with Crippen LogP contribution in [0.4, 0.5) is 0 Å². The van der Waals surface area contributed by atoms with E-state index in [9.17, 15) is 28.8 Å². The van der Waals surface area contributed by atoms with Crippen LogP contribution < -0.4 is 0 Å². The molecule has 0 spiro atoms. The van der Waals surface area contributed by atoms with Crippen molar-refractivity contribution in [3.8, 4) is 0 Å². The lowest BCUT2D eigenvalue weighted by atomic mass is 10.0. The maximum absolute atomic E-state index is 13.2. The quantitative estimate of drug-likeness (QED) is 0.0246. The predicted octanol–water partition coefficient (Wildman–Crippen LogP) is 24.6. The zero-order valence-electron chi connectivity index (χ0n) is 62.3. The zero-order valence-corrected chi connectivity index (χ0v) is 62.3. The van der Waals surface area contributed by atoms with Crippen LogP contribution in [0, 0.1) is 0 Å². The van der Waals surface area contributed by atoms with Crippen molar-refractivity contribution in [3.63, 3.8) is 0 Å². The van der Waals surface area contributed by atoms with E-state index in [2.05, 4.69) is 27.7 Å². The van der Waals surface area contributed by atoms with Gasteiger partial charge in [-0.15, -0.1) is 0 Å². The number of hydrogen-bond acceptors (Lipinski definition) is 12. The largest absolute Gasteiger partial charge is 0.462 e. The van der Waals surface area contributed by atoms with Gasteiger partial charge in [-0.25, -0.2) is 9.59 Å². The van der Waals surface area contributed by atoms with Crippen LogP contribution in [-0.2, 0) is 57.2 Å². The molecule has 0 saturated heterocycles. The van der Waals surface area contributed by atoms with Gasteiger partial charge >= 0.3 is 35.8 Å². The summed E-state index contributed by atoms with van der Waals surface area (Å²) in [6, 6.07) is 0. The Hall–Kier alpha value is -3.44. The van der Waals surface area contributed by atoms with Crippen LogP contribution in [0.3, 0.4) is 0 Å². The van der Waals surface area contributed by atoms with Gasteiger partial charge in [0.05, 0.1) is 0 Å². The van der Waals surface area contributed by atoms with E-state index < -0.39 is 48.0 Å². The molecule has 0 aromatic carbocycles. The van der Waals surface area contributed by atoms with Gasteiger partial charge in [0.25, 0.3) is 0 Å². The number of hydrogen-bond donors (Lipinski definition) is 0. The van der Waals surface area contributed by atoms with E-state index in [1.54, 1.807) is 0 Å². The molecule has 0 bridgehead atoms. The van der Waals surface area contributed by atoms with Crippen molar-refractivity contribution in [2.24, 2.45) is 0 Å². The fraction of sp³-hybridized carbons (Fsp3) is 0.902. The fourth-order valence-corrected chi connectivity index (χ4v) is 12.4. The first-order valence-electron chi connectivity index (χ1n) is 40.9. The van der Waals surface area contributed by atoms with Crippen LogP contribution in [0.25, 0.3) is 0 Å². The highest BCUT2D eigenvalue weighted by molar-refractivity contribution is 5.91. The van der Waals surface area contributed by atoms with Crippen molar-refractivity contribution in [1.82, 2.24) is 0 Å². The summed E-state index contributed by atoms with van der Waals surface area (Å²) >= 11 is 0. The van der Waals surface area contributed by atoms with E-state index in [0.717, 1.165) is 89.2 Å². The number of ether oxygens (including phenoxy) is 6. The third-order valence-corrected chi connectivity index (χ3v) is 18.6. The molecule has 552 valence electrons. The Kier molecular flexibility index (Phi) is 72.6. The second kappa shape index (κ2) is 75.3. The minimum Gasteiger partial charge on any atom is -0.462 e. The summed E-state index contributed by atoms with van der Waals surface area (Å²) in [6.45, 7) is 7.78. The average Bonchev–Trinajstić information content (AvgIpc) is 3.68. The maximum Gasteiger partial charge on any atom is 0.331 e. The van der Waals surface area contributed by atoms with Crippen LogP contribution in [-0.4, -0.2) is 74.5 Å². The molecule has 0 fully saturated rings. The summed E-state index contributed by atoms with van der Waals surface area (Å²) in [5.74, 6) is -3.54. The van der Waals surface area contributed by atoms with Gasteiger partial charge < -0.3 is 28.4 Å². The first-order valence-corrected chi connectivity index (χ1v) is 40.9. The molecule has 0 radical (unpaired) electrons. The SMILES string of the molecule is CCCCCCCCCCCCCCCCCC(=O)OCC(COC(=O)CCCCCCCCCCCCCCCCC)OC(=O)C=CC(=O)OC(COC(=O)CCCCCCCCCCCCCCCCC)COC(=O)CCCCCCCCCCCCCCCCC. The Bertz CT molecular complexity index is 1480. The van der Waals surface area contributed by atoms with Crippen LogP contribution in [0.2, 0.25) is 0 Å². The third kappa shape index (κ3) is 71.3. The zero-order chi connectivity index (χ0) is 68.4. The lowest BCUT2D eigenvalue weighted by molar-refractivity contribution is -0.164. The Balaban J connectivity index is 5.33. The highest BCUT2D eigenvalue weighted by atomic mass is 16.6. The van der Waals surface area contributed by atoms with Crippen molar-refractivity contribution in [2.45, 2.75) is 451 Å². The summed E-state index contributed by atoms with van der Waals surface area (Å²) in [5.41, 5.74) is 0. The van der Waals surface area contributed by atoms with Crippen molar-refractivity contribution in [3.05, 3.63) is 12.2 Å². The standard InChI is InChI=1S/C82H152O12/c1-5-9-13-17-21-25-29-33-37-41-45-49-53-57-61-65-77(83)89-71-75(72-90-78(84)66-62-58-54-50-46-42-38-34-30-26-22-18-14-10-6-2)93-81(87)69-70-82(88)94-76(73-91-79(85)67-63-59-55-51-47-43-39-35-31-27-23-19-15-11-7-3)74-92-80(86)68-64-60-56-52-48-44-40-36-32-28-24-20-16-12-8-4/h69-70,75-76H,5-68,71-74H2,1-4H3. The summed E-state index contributed by atoms with van der Waals surface area (Å²) in [7, 11) is 0. The smallest absolute Gasteiger partial charge is 0.331 e. The number of rotatable bonds is 76. The summed E-state index contributed by atoms with van der Waals surface area (Å²) < 4.78 is 33.5. The van der Waals surface area contributed by atoms with Crippen LogP contribution in [0.15, 0.2) is 12.2 Å². The van der Waals surface area contributed by atoms with Gasteiger partial charge in [0.2, 0.25) is 0 Å². The first-order chi connectivity index (χ1) is 46.1. The third-order valence-electron chi connectivity index (χ3n) is 18.6. The molecule has 0 amide bonds. The molecule has 0 aromatic heterocycles. The molecule has 0 atom stereocenters. The number of esters is 6. The number of carbonyl (C=O) groups excluding carboxylic acids is 6. The maximum atomic E-state index is 13.2. The monoisotopic (exact) mass is 1330 g/mol. The van der Waals surface area contributed by atoms with E-state index in [0.29, 0.717) is 25.7 Å². The van der Waals surface area contributed by atoms with Crippen LogP contribution >= 0.6 is 0 Å². The van der Waals surface area contributed by atoms with Crippen LogP contribution in [0.1, 0.15) is 439 Å². The molecule has 0 aliphatic carbocycles. The minimum atomic E-state index is -1.11. The Morgan fingerprint density at radius 2 is 0.330 bits per heavy atom. The Morgan fingerprint density at radius 3 is 0.468 bits per heavy atom. The second-order valence-corrected chi connectivity index (χ2v) is 28.0. The van der Waals surface area contributed by atoms with Crippen molar-refractivity contribution < 1.29 is 57.2 Å². The van der Waals surface area contributed by atoms with E-state index >= 15 is 0 Å². The molecular weight excluding hydrogens is 1180 g/mol. The van der Waals surface area contributed by atoms with E-state index in [1.165, 1.54) is 283 Å². The van der Waals surface area contributed by atoms with Gasteiger partial charge in [-0.2, -0.15) is 0 Å². The van der Waals surface area contributed by atoms with Crippen molar-refractivity contribution >= 4 is 35.8 Å². The topological polar surface area (TPSA) is 158 Å². The lowest BCUT2D eigenvalue weighted by Gasteiger charge is -2.18. The highest BCUT2D eigenvalue weighted by Gasteiger charge is 2.22. The minimum absolute atomic E-state index is 0.231. The van der Waals surface area contributed by atoms with E-state index in [1.807, 2.05) is 0 Å². The van der Waals surface area contributed by atoms with Gasteiger partial charge in [-0.3, -0.25) is 19.2 Å². The molecule has 0 N–H and O–H groups in total. The summed E-state index contributed by atoms with van der Waals surface area (Å²) in [5, 5.41) is 0. The Morgan fingerprint density at radius 1 is 0.202 bits per heavy atom. The highest BCUT2D eigenvalue weighted by Crippen LogP contribution is 2.20. The average molecular weight is 1330 g/mol. The molecule has 0 aromatic rings. The molecule has 0 saturated carbocycles. The van der Waals surface area contributed by atoms with Crippen molar-refractivity contribution in [1.29, 1.82) is 0 Å². The first kappa shape index (κ1) is 90.6.